The van der Waals surface area contributed by atoms with Crippen LogP contribution in [0.1, 0.15) is 58.3 Å². The summed E-state index contributed by atoms with van der Waals surface area (Å²) in [5.74, 6) is 2.01. The van der Waals surface area contributed by atoms with E-state index in [1.165, 1.54) is 19.3 Å². The smallest absolute Gasteiger partial charge is 0.303 e. The Labute approximate surface area is 122 Å². The molecule has 0 aromatic heterocycles. The first-order chi connectivity index (χ1) is 9.63. The Balaban J connectivity index is 1.78. The molecule has 114 valence electrons. The number of hydrogen-bond acceptors (Lipinski definition) is 2. The number of carboxylic acids is 1. The molecule has 0 spiro atoms. The van der Waals surface area contributed by atoms with E-state index in [0.29, 0.717) is 11.8 Å². The summed E-state index contributed by atoms with van der Waals surface area (Å²) in [6.45, 7) is 2.08. The number of carbonyl (C=O) groups is 1. The lowest BCUT2D eigenvalue weighted by molar-refractivity contribution is -0.137. The van der Waals surface area contributed by atoms with Gasteiger partial charge in [-0.3, -0.25) is 4.79 Å². The molecule has 3 heteroatoms. The third-order valence-corrected chi connectivity index (χ3v) is 5.36. The van der Waals surface area contributed by atoms with Crippen molar-refractivity contribution in [1.29, 1.82) is 0 Å². The monoisotopic (exact) mass is 280 g/mol. The second-order valence-corrected chi connectivity index (χ2v) is 6.54. The van der Waals surface area contributed by atoms with E-state index < -0.39 is 5.97 Å². The molecule has 0 aliphatic heterocycles. The molecule has 2 saturated carbocycles. The number of aliphatic carboxylic acids is 1. The highest BCUT2D eigenvalue weighted by Crippen LogP contribution is 2.55. The molecule has 3 nitrogen and oxygen atoms in total. The Morgan fingerprint density at radius 1 is 1.30 bits per heavy atom. The third-order valence-electron chi connectivity index (χ3n) is 5.36. The Kier molecular flexibility index (Phi) is 5.64. The van der Waals surface area contributed by atoms with Crippen molar-refractivity contribution in [3.63, 3.8) is 0 Å². The van der Waals surface area contributed by atoms with Gasteiger partial charge in [0.25, 0.3) is 0 Å². The number of allylic oxidation sites excluding steroid dienone is 2. The molecular formula is C17H28O3. The summed E-state index contributed by atoms with van der Waals surface area (Å²) in [5, 5.41) is 18.8. The fourth-order valence-corrected chi connectivity index (χ4v) is 4.42. The molecule has 2 fully saturated rings. The first-order valence-corrected chi connectivity index (χ1v) is 8.18. The predicted molar refractivity (Wildman–Crippen MR) is 79.4 cm³/mol. The van der Waals surface area contributed by atoms with Crippen molar-refractivity contribution in [2.75, 3.05) is 0 Å². The first-order valence-electron chi connectivity index (χ1n) is 8.18. The normalized spacial score (nSPS) is 33.9. The standard InChI is InChI=1S/C17H28O3/c1-2-15(18)17-13-10-9-12(11-13)14(17)7-5-3-4-6-8-16(19)20/h3,5,12-15,17-18H,2,4,6-11H2,1H3,(H,19,20). The number of rotatable bonds is 8. The number of aliphatic hydroxyl groups excluding tert-OH is 1. The molecule has 0 aromatic carbocycles. The molecule has 2 N–H and O–H groups in total. The van der Waals surface area contributed by atoms with E-state index in [1.807, 2.05) is 0 Å². The van der Waals surface area contributed by atoms with Gasteiger partial charge < -0.3 is 10.2 Å². The van der Waals surface area contributed by atoms with Gasteiger partial charge in [0.15, 0.2) is 0 Å². The Morgan fingerprint density at radius 3 is 2.75 bits per heavy atom. The van der Waals surface area contributed by atoms with Crippen LogP contribution in [-0.4, -0.2) is 22.3 Å². The van der Waals surface area contributed by atoms with E-state index >= 15 is 0 Å². The van der Waals surface area contributed by atoms with Crippen molar-refractivity contribution >= 4 is 5.97 Å². The summed E-state index contributed by atoms with van der Waals surface area (Å²) in [5.41, 5.74) is 0. The second kappa shape index (κ2) is 7.26. The molecule has 2 bridgehead atoms. The zero-order valence-electron chi connectivity index (χ0n) is 12.5. The molecule has 0 saturated heterocycles. The van der Waals surface area contributed by atoms with Crippen LogP contribution in [-0.2, 0) is 4.79 Å². The maximum absolute atomic E-state index is 10.4. The highest BCUT2D eigenvalue weighted by molar-refractivity contribution is 5.66. The largest absolute Gasteiger partial charge is 0.481 e. The molecule has 2 aliphatic carbocycles. The molecule has 5 unspecified atom stereocenters. The minimum atomic E-state index is -0.711. The lowest BCUT2D eigenvalue weighted by atomic mass is 9.74. The van der Waals surface area contributed by atoms with Crippen molar-refractivity contribution in [1.82, 2.24) is 0 Å². The van der Waals surface area contributed by atoms with Crippen molar-refractivity contribution < 1.29 is 15.0 Å². The minimum Gasteiger partial charge on any atom is -0.481 e. The molecule has 0 radical (unpaired) electrons. The van der Waals surface area contributed by atoms with Gasteiger partial charge in [-0.15, -0.1) is 0 Å². The number of hydrogen-bond donors (Lipinski definition) is 2. The lowest BCUT2D eigenvalue weighted by Crippen LogP contribution is -2.32. The molecule has 2 aliphatic rings. The van der Waals surface area contributed by atoms with Crippen LogP contribution < -0.4 is 0 Å². The van der Waals surface area contributed by atoms with Crippen LogP contribution in [0.5, 0.6) is 0 Å². The van der Waals surface area contributed by atoms with Gasteiger partial charge >= 0.3 is 5.97 Å². The molecule has 5 atom stereocenters. The maximum atomic E-state index is 10.4. The van der Waals surface area contributed by atoms with Crippen LogP contribution >= 0.6 is 0 Å². The van der Waals surface area contributed by atoms with E-state index in [9.17, 15) is 9.90 Å². The summed E-state index contributed by atoms with van der Waals surface area (Å²) >= 11 is 0. The van der Waals surface area contributed by atoms with Gasteiger partial charge in [0, 0.05) is 6.42 Å². The summed E-state index contributed by atoms with van der Waals surface area (Å²) < 4.78 is 0. The van der Waals surface area contributed by atoms with Crippen LogP contribution in [0.2, 0.25) is 0 Å². The summed E-state index contributed by atoms with van der Waals surface area (Å²) in [6.07, 6.45) is 12.0. The van der Waals surface area contributed by atoms with Crippen LogP contribution in [0.3, 0.4) is 0 Å². The van der Waals surface area contributed by atoms with Gasteiger partial charge in [-0.1, -0.05) is 19.1 Å². The fourth-order valence-electron chi connectivity index (χ4n) is 4.42. The number of fused-ring (bicyclic) bond motifs is 2. The Hall–Kier alpha value is -0.830. The molecule has 0 heterocycles. The number of unbranched alkanes of at least 4 members (excludes halogenated alkanes) is 1. The van der Waals surface area contributed by atoms with E-state index in [4.69, 9.17) is 5.11 Å². The first kappa shape index (κ1) is 15.6. The van der Waals surface area contributed by atoms with Crippen LogP contribution in [0.15, 0.2) is 12.2 Å². The van der Waals surface area contributed by atoms with Crippen molar-refractivity contribution in [2.24, 2.45) is 23.7 Å². The van der Waals surface area contributed by atoms with Crippen LogP contribution in [0.4, 0.5) is 0 Å². The van der Waals surface area contributed by atoms with E-state index in [-0.39, 0.29) is 12.5 Å². The summed E-state index contributed by atoms with van der Waals surface area (Å²) in [4.78, 5) is 10.4. The van der Waals surface area contributed by atoms with Crippen molar-refractivity contribution in [3.8, 4) is 0 Å². The van der Waals surface area contributed by atoms with Gasteiger partial charge in [0.2, 0.25) is 0 Å². The molecule has 0 aromatic rings. The quantitative estimate of drug-likeness (QED) is 0.527. The zero-order chi connectivity index (χ0) is 14.5. The topological polar surface area (TPSA) is 57.5 Å². The van der Waals surface area contributed by atoms with Crippen LogP contribution in [0.25, 0.3) is 0 Å². The minimum absolute atomic E-state index is 0.129. The van der Waals surface area contributed by atoms with Gasteiger partial charge in [-0.05, 0) is 68.6 Å². The number of aliphatic hydroxyl groups is 1. The van der Waals surface area contributed by atoms with E-state index in [1.54, 1.807) is 0 Å². The molecule has 0 amide bonds. The van der Waals surface area contributed by atoms with Gasteiger partial charge in [0.1, 0.15) is 0 Å². The van der Waals surface area contributed by atoms with Gasteiger partial charge in [-0.2, -0.15) is 0 Å². The second-order valence-electron chi connectivity index (χ2n) is 6.54. The highest BCUT2D eigenvalue weighted by Gasteiger charge is 2.48. The van der Waals surface area contributed by atoms with E-state index in [2.05, 4.69) is 19.1 Å². The predicted octanol–water partition coefficient (Wildman–Crippen LogP) is 3.62. The molecule has 20 heavy (non-hydrogen) atoms. The highest BCUT2D eigenvalue weighted by atomic mass is 16.4. The average molecular weight is 280 g/mol. The third kappa shape index (κ3) is 3.63. The zero-order valence-corrected chi connectivity index (χ0v) is 12.5. The SMILES string of the molecule is CCC(O)C1C2CCC(C2)C1CC=CCCCC(=O)O. The Bertz CT molecular complexity index is 350. The Morgan fingerprint density at radius 2 is 2.05 bits per heavy atom. The fraction of sp³-hybridized carbons (Fsp3) is 0.824. The van der Waals surface area contributed by atoms with Crippen molar-refractivity contribution in [2.45, 2.75) is 64.4 Å². The van der Waals surface area contributed by atoms with Crippen molar-refractivity contribution in [3.05, 3.63) is 12.2 Å². The van der Waals surface area contributed by atoms with Gasteiger partial charge in [0.05, 0.1) is 6.10 Å². The average Bonchev–Trinajstić information content (AvgIpc) is 3.02. The number of carboxylic acid groups (broad SMARTS) is 1. The summed E-state index contributed by atoms with van der Waals surface area (Å²) in [7, 11) is 0. The lowest BCUT2D eigenvalue weighted by Gasteiger charge is -2.33. The van der Waals surface area contributed by atoms with Gasteiger partial charge in [-0.25, -0.2) is 0 Å². The molecule has 2 rings (SSSR count). The maximum Gasteiger partial charge on any atom is 0.303 e. The summed E-state index contributed by atoms with van der Waals surface area (Å²) in [6, 6.07) is 0. The van der Waals surface area contributed by atoms with E-state index in [0.717, 1.165) is 37.5 Å². The molecular weight excluding hydrogens is 252 g/mol. The van der Waals surface area contributed by atoms with Crippen LogP contribution in [0, 0.1) is 23.7 Å².